The van der Waals surface area contributed by atoms with E-state index in [0.717, 1.165) is 81.1 Å². The number of carbonyl (C=O) groups is 1. The van der Waals surface area contributed by atoms with Crippen LogP contribution in [0, 0.1) is 30.7 Å². The number of fused-ring (bicyclic) bond motifs is 3. The van der Waals surface area contributed by atoms with E-state index in [2.05, 4.69) is 82.3 Å². The molecule has 0 amide bonds. The molecule has 0 saturated heterocycles. The fourth-order valence-electron chi connectivity index (χ4n) is 6.70. The second kappa shape index (κ2) is 15.9. The molecule has 0 aliphatic rings. The Labute approximate surface area is 323 Å². The molecular formula is C46H54IrNO4-. The number of aliphatic hydroxyl groups excluding tert-OH is 1. The van der Waals surface area contributed by atoms with Crippen LogP contribution in [0.15, 0.2) is 87.6 Å². The van der Waals surface area contributed by atoms with Crippen molar-refractivity contribution >= 4 is 38.6 Å². The molecule has 52 heavy (non-hydrogen) atoms. The van der Waals surface area contributed by atoms with Crippen LogP contribution in [0.25, 0.3) is 55.2 Å². The van der Waals surface area contributed by atoms with Crippen LogP contribution in [-0.2, 0) is 30.3 Å². The number of aliphatic hydroxyl groups is 1. The molecule has 3 heterocycles. The normalized spacial score (nSPS) is 12.6. The molecule has 277 valence electrons. The van der Waals surface area contributed by atoms with Crippen LogP contribution in [0.5, 0.6) is 0 Å². The molecule has 0 aliphatic carbocycles. The average molecular weight is 877 g/mol. The number of nitrogens with zero attached hydrogens (tertiary/aromatic N) is 1. The number of aromatic nitrogens is 1. The molecule has 0 unspecified atom stereocenters. The van der Waals surface area contributed by atoms with Crippen molar-refractivity contribution < 1.29 is 38.8 Å². The maximum Gasteiger partial charge on any atom is 0.219 e. The maximum atomic E-state index is 12.2. The van der Waals surface area contributed by atoms with E-state index in [-0.39, 0.29) is 47.9 Å². The SMILES string of the molecule is CCC(C)(CC)C(=O)/C=C(\O)C(C)(CC)CC.Cc1oc2ccccc2c1-c1cc(-c2[c-]c3ccccc3c(C(C)(C)C)c2)nc2occ(C)c12.[Ir]. The minimum Gasteiger partial charge on any atom is -0.512 e. The predicted octanol–water partition coefficient (Wildman–Crippen LogP) is 13.4. The van der Waals surface area contributed by atoms with Crippen molar-refractivity contribution in [1.82, 2.24) is 4.98 Å². The van der Waals surface area contributed by atoms with Gasteiger partial charge in [-0.3, -0.25) is 9.78 Å². The number of hydrogen-bond donors (Lipinski definition) is 1. The third kappa shape index (κ3) is 7.84. The molecular weight excluding hydrogens is 823 g/mol. The molecule has 0 spiro atoms. The zero-order valence-electron chi connectivity index (χ0n) is 32.7. The van der Waals surface area contributed by atoms with Gasteiger partial charge in [0, 0.05) is 59.0 Å². The Hall–Kier alpha value is -3.99. The van der Waals surface area contributed by atoms with E-state index in [9.17, 15) is 9.90 Å². The van der Waals surface area contributed by atoms with E-state index < -0.39 is 0 Å². The molecule has 3 aromatic heterocycles. The molecule has 1 radical (unpaired) electrons. The van der Waals surface area contributed by atoms with Gasteiger partial charge >= 0.3 is 0 Å². The van der Waals surface area contributed by atoms with E-state index in [0.29, 0.717) is 5.71 Å². The number of allylic oxidation sites excluding steroid dienone is 2. The number of carbonyl (C=O) groups excluding carboxylic acids is 1. The first-order valence-electron chi connectivity index (χ1n) is 18.4. The largest absolute Gasteiger partial charge is 0.512 e. The molecule has 0 aliphatic heterocycles. The minimum absolute atomic E-state index is 0. The Morgan fingerprint density at radius 2 is 1.44 bits per heavy atom. The predicted molar refractivity (Wildman–Crippen MR) is 212 cm³/mol. The molecule has 5 nitrogen and oxygen atoms in total. The maximum absolute atomic E-state index is 12.2. The van der Waals surface area contributed by atoms with E-state index in [4.69, 9.17) is 13.8 Å². The number of pyridine rings is 1. The number of rotatable bonds is 9. The first kappa shape index (κ1) is 40.8. The molecule has 0 atom stereocenters. The number of ketones is 1. The third-order valence-electron chi connectivity index (χ3n) is 11.2. The summed E-state index contributed by atoms with van der Waals surface area (Å²) in [5.74, 6) is 1.17. The zero-order valence-corrected chi connectivity index (χ0v) is 35.1. The molecule has 0 saturated carbocycles. The Morgan fingerprint density at radius 3 is 2.06 bits per heavy atom. The first-order chi connectivity index (χ1) is 24.1. The van der Waals surface area contributed by atoms with Gasteiger partial charge < -0.3 is 13.9 Å². The molecule has 3 aromatic carbocycles. The summed E-state index contributed by atoms with van der Waals surface area (Å²) in [5.41, 5.74) is 7.21. The summed E-state index contributed by atoms with van der Waals surface area (Å²) in [6, 6.07) is 24.7. The van der Waals surface area contributed by atoms with Gasteiger partial charge in [-0.1, -0.05) is 116 Å². The monoisotopic (exact) mass is 877 g/mol. The minimum atomic E-state index is -0.337. The summed E-state index contributed by atoms with van der Waals surface area (Å²) in [4.78, 5) is 17.1. The summed E-state index contributed by atoms with van der Waals surface area (Å²) in [7, 11) is 0. The molecule has 1 N–H and O–H groups in total. The number of para-hydroxylation sites is 1. The van der Waals surface area contributed by atoms with E-state index in [1.807, 2.05) is 60.6 Å². The molecule has 6 heteroatoms. The van der Waals surface area contributed by atoms with Crippen molar-refractivity contribution in [2.24, 2.45) is 10.8 Å². The van der Waals surface area contributed by atoms with Gasteiger partial charge in [0.15, 0.2) is 5.78 Å². The average Bonchev–Trinajstić information content (AvgIpc) is 3.67. The fraction of sp³-hybridized carbons (Fsp3) is 0.391. The van der Waals surface area contributed by atoms with Gasteiger partial charge in [-0.2, -0.15) is 0 Å². The van der Waals surface area contributed by atoms with Gasteiger partial charge in [-0.15, -0.1) is 29.1 Å². The standard InChI is InChI=1S/C31H26NO2.C15H28O2.Ir/c1-18-17-33-30-28(18)24(29-19(2)34-27-13-9-8-12-23(27)29)16-26(32-30)21-14-20-10-6-7-11-22(20)25(15-21)31(3,4)5;1-7-14(5,8-2)12(16)11-13(17)15(6,9-3)10-4;/h6-13,15-17H,1-5H3;11,16H,7-10H2,1-6H3;/q-1;;/b;12-11-;. The van der Waals surface area contributed by atoms with Crippen LogP contribution >= 0.6 is 0 Å². The quantitative estimate of drug-likeness (QED) is 0.0889. The molecule has 0 bridgehead atoms. The van der Waals surface area contributed by atoms with E-state index >= 15 is 0 Å². The van der Waals surface area contributed by atoms with Crippen LogP contribution in [0.2, 0.25) is 0 Å². The van der Waals surface area contributed by atoms with Crippen LogP contribution in [0.1, 0.15) is 105 Å². The van der Waals surface area contributed by atoms with Crippen molar-refractivity contribution in [3.63, 3.8) is 0 Å². The van der Waals surface area contributed by atoms with Crippen LogP contribution in [0.4, 0.5) is 0 Å². The number of benzene rings is 3. The van der Waals surface area contributed by atoms with Gasteiger partial charge in [0.05, 0.1) is 6.26 Å². The van der Waals surface area contributed by atoms with Crippen LogP contribution in [-0.4, -0.2) is 15.9 Å². The van der Waals surface area contributed by atoms with Crippen molar-refractivity contribution in [3.05, 3.63) is 102 Å². The van der Waals surface area contributed by atoms with Crippen molar-refractivity contribution in [2.45, 2.75) is 107 Å². The topological polar surface area (TPSA) is 76.5 Å². The summed E-state index contributed by atoms with van der Waals surface area (Å²) in [6.45, 7) is 22.9. The number of hydrogen-bond acceptors (Lipinski definition) is 5. The summed E-state index contributed by atoms with van der Waals surface area (Å²) < 4.78 is 12.1. The first-order valence-corrected chi connectivity index (χ1v) is 18.4. The van der Waals surface area contributed by atoms with Gasteiger partial charge in [-0.25, -0.2) is 0 Å². The smallest absolute Gasteiger partial charge is 0.219 e. The third-order valence-corrected chi connectivity index (χ3v) is 11.2. The van der Waals surface area contributed by atoms with Gasteiger partial charge in [-0.05, 0) is 62.1 Å². The summed E-state index contributed by atoms with van der Waals surface area (Å²) in [6.07, 6.45) is 6.54. The number of aryl methyl sites for hydroxylation is 2. The second-order valence-corrected chi connectivity index (χ2v) is 15.5. The summed E-state index contributed by atoms with van der Waals surface area (Å²) in [5, 5.41) is 14.6. The van der Waals surface area contributed by atoms with Crippen molar-refractivity contribution in [3.8, 4) is 22.4 Å². The zero-order chi connectivity index (χ0) is 37.3. The Bertz CT molecular complexity index is 2220. The van der Waals surface area contributed by atoms with Gasteiger partial charge in [0.2, 0.25) is 5.71 Å². The van der Waals surface area contributed by atoms with Gasteiger partial charge in [0.1, 0.15) is 17.1 Å². The number of furan rings is 2. The van der Waals surface area contributed by atoms with Crippen LogP contribution in [0.3, 0.4) is 0 Å². The van der Waals surface area contributed by atoms with Crippen LogP contribution < -0.4 is 0 Å². The summed E-state index contributed by atoms with van der Waals surface area (Å²) >= 11 is 0. The van der Waals surface area contributed by atoms with Crippen molar-refractivity contribution in [1.29, 1.82) is 0 Å². The molecule has 6 rings (SSSR count). The van der Waals surface area contributed by atoms with Crippen molar-refractivity contribution in [2.75, 3.05) is 0 Å². The second-order valence-electron chi connectivity index (χ2n) is 15.5. The molecule has 6 aromatic rings. The Kier molecular flexibility index (Phi) is 12.5. The van der Waals surface area contributed by atoms with Gasteiger partial charge in [0.25, 0.3) is 0 Å². The molecule has 0 fully saturated rings. The Balaban J connectivity index is 0.000000289. The van der Waals surface area contributed by atoms with E-state index in [1.54, 1.807) is 6.26 Å². The Morgan fingerprint density at radius 1 is 0.846 bits per heavy atom. The van der Waals surface area contributed by atoms with E-state index in [1.165, 1.54) is 17.0 Å². The fourth-order valence-corrected chi connectivity index (χ4v) is 6.70.